The summed E-state index contributed by atoms with van der Waals surface area (Å²) in [6, 6.07) is 5.12. The highest BCUT2D eigenvalue weighted by molar-refractivity contribution is 9.10. The Morgan fingerprint density at radius 2 is 2.35 bits per heavy atom. The summed E-state index contributed by atoms with van der Waals surface area (Å²) in [7, 11) is 0. The molecule has 1 aliphatic heterocycles. The van der Waals surface area contributed by atoms with Gasteiger partial charge < -0.3 is 10.1 Å². The van der Waals surface area contributed by atoms with Gasteiger partial charge in [-0.3, -0.25) is 10.1 Å². The van der Waals surface area contributed by atoms with Crippen LogP contribution < -0.4 is 5.32 Å². The first-order chi connectivity index (χ1) is 9.43. The van der Waals surface area contributed by atoms with Crippen molar-refractivity contribution in [3.8, 4) is 0 Å². The SMILES string of the molecule is CCC1(C)CC(Nc2ccc([N+](=O)[O-])cc2Br)CCO1. The Labute approximate surface area is 127 Å². The standard InChI is InChI=1S/C14H19BrN2O3/c1-3-14(2)9-10(6-7-20-14)16-13-5-4-11(17(18)19)8-12(13)15/h4-5,8,10,16H,3,6-7,9H2,1-2H3. The molecule has 2 atom stereocenters. The minimum atomic E-state index is -0.392. The molecule has 2 rings (SSSR count). The first-order valence-corrected chi connectivity index (χ1v) is 7.57. The molecule has 0 amide bonds. The van der Waals surface area contributed by atoms with Gasteiger partial charge in [-0.05, 0) is 48.2 Å². The second-order valence-corrected chi connectivity index (χ2v) is 6.26. The van der Waals surface area contributed by atoms with Crippen LogP contribution >= 0.6 is 15.9 Å². The molecule has 1 N–H and O–H groups in total. The van der Waals surface area contributed by atoms with Gasteiger partial charge in [-0.25, -0.2) is 0 Å². The minimum absolute atomic E-state index is 0.0802. The lowest BCUT2D eigenvalue weighted by Gasteiger charge is -2.38. The van der Waals surface area contributed by atoms with Crippen molar-refractivity contribution in [1.82, 2.24) is 0 Å². The van der Waals surface area contributed by atoms with Crippen LogP contribution in [0.25, 0.3) is 0 Å². The Morgan fingerprint density at radius 3 is 2.95 bits per heavy atom. The van der Waals surface area contributed by atoms with E-state index in [1.807, 2.05) is 0 Å². The quantitative estimate of drug-likeness (QED) is 0.660. The van der Waals surface area contributed by atoms with Crippen LogP contribution in [0.3, 0.4) is 0 Å². The van der Waals surface area contributed by atoms with Gasteiger partial charge in [-0.1, -0.05) is 6.92 Å². The van der Waals surface area contributed by atoms with Gasteiger partial charge in [0.2, 0.25) is 0 Å². The molecule has 6 heteroatoms. The number of nitrogens with zero attached hydrogens (tertiary/aromatic N) is 1. The molecule has 0 spiro atoms. The molecule has 1 heterocycles. The zero-order chi connectivity index (χ0) is 14.8. The van der Waals surface area contributed by atoms with E-state index in [1.165, 1.54) is 12.1 Å². The Bertz CT molecular complexity index is 509. The zero-order valence-electron chi connectivity index (χ0n) is 11.7. The minimum Gasteiger partial charge on any atom is -0.381 e. The van der Waals surface area contributed by atoms with Crippen LogP contribution in [0, 0.1) is 10.1 Å². The molecule has 1 saturated heterocycles. The van der Waals surface area contributed by atoms with Gasteiger partial charge in [0.25, 0.3) is 5.69 Å². The molecule has 0 saturated carbocycles. The molecule has 0 aromatic heterocycles. The number of nitrogens with one attached hydrogen (secondary N) is 1. The van der Waals surface area contributed by atoms with Gasteiger partial charge in [-0.2, -0.15) is 0 Å². The lowest BCUT2D eigenvalue weighted by Crippen LogP contribution is -2.41. The van der Waals surface area contributed by atoms with Gasteiger partial charge in [0.05, 0.1) is 10.5 Å². The molecule has 0 bridgehead atoms. The third kappa shape index (κ3) is 3.49. The Balaban J connectivity index is 2.08. The highest BCUT2D eigenvalue weighted by atomic mass is 79.9. The Hall–Kier alpha value is -1.14. The fourth-order valence-electron chi connectivity index (χ4n) is 2.45. The van der Waals surface area contributed by atoms with Crippen molar-refractivity contribution in [3.63, 3.8) is 0 Å². The van der Waals surface area contributed by atoms with E-state index in [0.29, 0.717) is 6.04 Å². The third-order valence-electron chi connectivity index (χ3n) is 3.87. The summed E-state index contributed by atoms with van der Waals surface area (Å²) in [5, 5.41) is 14.2. The molecular weight excluding hydrogens is 324 g/mol. The van der Waals surface area contributed by atoms with E-state index >= 15 is 0 Å². The van der Waals surface area contributed by atoms with Gasteiger partial charge in [0.1, 0.15) is 0 Å². The number of anilines is 1. The Morgan fingerprint density at radius 1 is 1.60 bits per heavy atom. The van der Waals surface area contributed by atoms with Crippen molar-refractivity contribution in [2.24, 2.45) is 0 Å². The van der Waals surface area contributed by atoms with Crippen LogP contribution in [0.1, 0.15) is 33.1 Å². The number of nitro benzene ring substituents is 1. The van der Waals surface area contributed by atoms with Crippen molar-refractivity contribution in [1.29, 1.82) is 0 Å². The maximum atomic E-state index is 10.7. The summed E-state index contributed by atoms with van der Waals surface area (Å²) < 4.78 is 6.54. The van der Waals surface area contributed by atoms with Crippen molar-refractivity contribution in [2.45, 2.75) is 44.8 Å². The molecule has 0 radical (unpaired) electrons. The van der Waals surface area contributed by atoms with Gasteiger partial charge >= 0.3 is 0 Å². The van der Waals surface area contributed by atoms with Crippen molar-refractivity contribution in [2.75, 3.05) is 11.9 Å². The van der Waals surface area contributed by atoms with Crippen LogP contribution in [0.15, 0.2) is 22.7 Å². The predicted octanol–water partition coefficient (Wildman–Crippen LogP) is 4.12. The first kappa shape index (κ1) is 15.3. The monoisotopic (exact) mass is 342 g/mol. The first-order valence-electron chi connectivity index (χ1n) is 6.78. The molecular formula is C14H19BrN2O3. The highest BCUT2D eigenvalue weighted by Gasteiger charge is 2.31. The Kier molecular flexibility index (Phi) is 4.65. The van der Waals surface area contributed by atoms with Crippen LogP contribution in [0.4, 0.5) is 11.4 Å². The molecule has 110 valence electrons. The summed E-state index contributed by atoms with van der Waals surface area (Å²) in [5.74, 6) is 0. The number of halogens is 1. The summed E-state index contributed by atoms with van der Waals surface area (Å²) in [6.45, 7) is 5.00. The van der Waals surface area contributed by atoms with Crippen LogP contribution in [-0.2, 0) is 4.74 Å². The van der Waals surface area contributed by atoms with E-state index in [-0.39, 0.29) is 11.3 Å². The molecule has 1 aliphatic rings. The van der Waals surface area contributed by atoms with Gasteiger partial charge in [0, 0.05) is 34.9 Å². The number of hydrogen-bond acceptors (Lipinski definition) is 4. The van der Waals surface area contributed by atoms with E-state index in [9.17, 15) is 10.1 Å². The van der Waals surface area contributed by atoms with Crippen LogP contribution in [0.5, 0.6) is 0 Å². The average molecular weight is 343 g/mol. The molecule has 2 unspecified atom stereocenters. The highest BCUT2D eigenvalue weighted by Crippen LogP contribution is 2.32. The lowest BCUT2D eigenvalue weighted by molar-refractivity contribution is -0.384. The predicted molar refractivity (Wildman–Crippen MR) is 82.1 cm³/mol. The third-order valence-corrected chi connectivity index (χ3v) is 4.52. The van der Waals surface area contributed by atoms with E-state index in [1.54, 1.807) is 6.07 Å². The lowest BCUT2D eigenvalue weighted by atomic mass is 9.90. The molecule has 0 aliphatic carbocycles. The van der Waals surface area contributed by atoms with Gasteiger partial charge in [0.15, 0.2) is 0 Å². The number of benzene rings is 1. The fraction of sp³-hybridized carbons (Fsp3) is 0.571. The maximum absolute atomic E-state index is 10.7. The van der Waals surface area contributed by atoms with E-state index in [0.717, 1.165) is 36.0 Å². The summed E-state index contributed by atoms with van der Waals surface area (Å²) in [6.07, 6.45) is 2.86. The number of hydrogen-bond donors (Lipinski definition) is 1. The largest absolute Gasteiger partial charge is 0.381 e. The topological polar surface area (TPSA) is 64.4 Å². The summed E-state index contributed by atoms with van der Waals surface area (Å²) in [4.78, 5) is 10.3. The number of ether oxygens (including phenoxy) is 1. The van der Waals surface area contributed by atoms with Crippen LogP contribution in [-0.4, -0.2) is 23.2 Å². The summed E-state index contributed by atoms with van der Waals surface area (Å²) in [5.41, 5.74) is 0.900. The average Bonchev–Trinajstić information content (AvgIpc) is 2.41. The van der Waals surface area contributed by atoms with Crippen LogP contribution in [0.2, 0.25) is 0 Å². The maximum Gasteiger partial charge on any atom is 0.270 e. The molecule has 1 aromatic carbocycles. The smallest absolute Gasteiger partial charge is 0.270 e. The second-order valence-electron chi connectivity index (χ2n) is 5.41. The zero-order valence-corrected chi connectivity index (χ0v) is 13.3. The summed E-state index contributed by atoms with van der Waals surface area (Å²) >= 11 is 3.39. The second kappa shape index (κ2) is 6.10. The normalized spacial score (nSPS) is 26.2. The molecule has 5 nitrogen and oxygen atoms in total. The van der Waals surface area contributed by atoms with E-state index < -0.39 is 4.92 Å². The number of non-ortho nitro benzene ring substituents is 1. The molecule has 20 heavy (non-hydrogen) atoms. The molecule has 1 fully saturated rings. The molecule has 1 aromatic rings. The fourth-order valence-corrected chi connectivity index (χ4v) is 2.94. The number of nitro groups is 1. The van der Waals surface area contributed by atoms with Crippen molar-refractivity contribution < 1.29 is 9.66 Å². The van der Waals surface area contributed by atoms with Crippen molar-refractivity contribution >= 4 is 27.3 Å². The van der Waals surface area contributed by atoms with Crippen molar-refractivity contribution in [3.05, 3.63) is 32.8 Å². The number of rotatable bonds is 4. The van der Waals surface area contributed by atoms with Gasteiger partial charge in [-0.15, -0.1) is 0 Å². The van der Waals surface area contributed by atoms with E-state index in [2.05, 4.69) is 35.1 Å². The van der Waals surface area contributed by atoms with E-state index in [4.69, 9.17) is 4.74 Å².